The molecule has 0 spiro atoms. The summed E-state index contributed by atoms with van der Waals surface area (Å²) < 4.78 is 29.5. The van der Waals surface area contributed by atoms with Gasteiger partial charge in [0.05, 0.1) is 4.90 Å². The minimum atomic E-state index is -4.01. The number of benzene rings is 2. The first-order valence-electron chi connectivity index (χ1n) is 8.17. The van der Waals surface area contributed by atoms with Gasteiger partial charge in [-0.25, -0.2) is 17.9 Å². The smallest absolute Gasteiger partial charge is 0.312 e. The maximum atomic E-state index is 12.4. The number of fused-ring (bicyclic) bond motifs is 1. The summed E-state index contributed by atoms with van der Waals surface area (Å²) in [6.45, 7) is 0.0398. The fourth-order valence-electron chi connectivity index (χ4n) is 2.67. The summed E-state index contributed by atoms with van der Waals surface area (Å²) in [4.78, 5) is 23.0. The molecule has 0 radical (unpaired) electrons. The van der Waals surface area contributed by atoms with Crippen molar-refractivity contribution in [3.8, 4) is 0 Å². The van der Waals surface area contributed by atoms with Gasteiger partial charge in [0.1, 0.15) is 6.54 Å². The largest absolute Gasteiger partial charge is 0.352 e. The van der Waals surface area contributed by atoms with Crippen molar-refractivity contribution >= 4 is 48.8 Å². The summed E-state index contributed by atoms with van der Waals surface area (Å²) >= 11 is 3.38. The van der Waals surface area contributed by atoms with Crippen LogP contribution in [-0.4, -0.2) is 24.9 Å². The van der Waals surface area contributed by atoms with E-state index >= 15 is 0 Å². The zero-order valence-corrected chi connectivity index (χ0v) is 17.0. The van der Waals surface area contributed by atoms with E-state index in [2.05, 4.69) is 26.0 Å². The van der Waals surface area contributed by atoms with Crippen LogP contribution in [0.1, 0.15) is 5.56 Å². The van der Waals surface area contributed by atoms with E-state index in [0.29, 0.717) is 5.56 Å². The molecule has 4 N–H and O–H groups in total. The predicted molar refractivity (Wildman–Crippen MR) is 108 cm³/mol. The lowest BCUT2D eigenvalue weighted by Crippen LogP contribution is -2.33. The number of hydrogen-bond acceptors (Lipinski definition) is 4. The first-order valence-corrected chi connectivity index (χ1v) is 10.4. The molecular weight excluding hydrogens is 448 g/mol. The van der Waals surface area contributed by atoms with E-state index in [1.165, 1.54) is 24.3 Å². The Morgan fingerprint density at radius 3 is 2.46 bits per heavy atom. The first kappa shape index (κ1) is 19.9. The third kappa shape index (κ3) is 4.70. The Morgan fingerprint density at radius 2 is 1.79 bits per heavy atom. The van der Waals surface area contributed by atoms with Crippen LogP contribution in [0.15, 0.2) is 64.1 Å². The number of hydrogen-bond donors (Lipinski definition) is 3. The van der Waals surface area contributed by atoms with Gasteiger partial charge in [0.25, 0.3) is 15.9 Å². The molecule has 0 saturated carbocycles. The molecule has 1 aromatic heterocycles. The van der Waals surface area contributed by atoms with E-state index in [1.54, 1.807) is 10.8 Å². The van der Waals surface area contributed by atoms with E-state index in [9.17, 15) is 18.0 Å². The van der Waals surface area contributed by atoms with Crippen LogP contribution in [0.25, 0.3) is 10.9 Å². The Labute approximate surface area is 169 Å². The van der Waals surface area contributed by atoms with Crippen molar-refractivity contribution in [1.82, 2.24) is 14.6 Å². The van der Waals surface area contributed by atoms with Crippen LogP contribution in [0, 0.1) is 0 Å². The zero-order chi connectivity index (χ0) is 20.3. The molecule has 0 aliphatic carbocycles. The highest BCUT2D eigenvalue weighted by molar-refractivity contribution is 9.10. The summed E-state index contributed by atoms with van der Waals surface area (Å²) in [5.74, 6) is -0.656. The Balaban J connectivity index is 1.70. The molecule has 3 aromatic rings. The molecule has 8 nitrogen and oxygen atoms in total. The van der Waals surface area contributed by atoms with Crippen LogP contribution < -0.4 is 15.8 Å². The van der Waals surface area contributed by atoms with Crippen LogP contribution in [0.4, 0.5) is 4.79 Å². The molecule has 3 rings (SSSR count). The molecule has 1 heterocycles. The molecule has 0 unspecified atom stereocenters. The van der Waals surface area contributed by atoms with Crippen LogP contribution in [0.2, 0.25) is 0 Å². The molecule has 28 heavy (non-hydrogen) atoms. The Bertz CT molecular complexity index is 1140. The SMILES string of the molecule is NC(=O)NCc1ccc(S(=O)(=O)NC(=O)Cn2ccc3ccc(Br)cc32)cc1. The van der Waals surface area contributed by atoms with Crippen molar-refractivity contribution in [3.05, 3.63) is 64.8 Å². The molecule has 0 aliphatic rings. The number of nitrogens with zero attached hydrogens (tertiary/aromatic N) is 1. The number of carbonyl (C=O) groups excluding carboxylic acids is 2. The minimum absolute atomic E-state index is 0.0521. The second kappa shape index (κ2) is 8.03. The quantitative estimate of drug-likeness (QED) is 0.516. The maximum absolute atomic E-state index is 12.4. The van der Waals surface area contributed by atoms with Gasteiger partial charge in [-0.3, -0.25) is 4.79 Å². The zero-order valence-electron chi connectivity index (χ0n) is 14.6. The van der Waals surface area contributed by atoms with Crippen LogP contribution in [-0.2, 0) is 27.9 Å². The van der Waals surface area contributed by atoms with Crippen LogP contribution >= 0.6 is 15.9 Å². The molecular formula is C18H17BrN4O4S. The lowest BCUT2D eigenvalue weighted by molar-refractivity contribution is -0.119. The third-order valence-corrected chi connectivity index (χ3v) is 5.88. The highest BCUT2D eigenvalue weighted by atomic mass is 79.9. The number of amides is 3. The second-order valence-corrected chi connectivity index (χ2v) is 8.64. The standard InChI is InChI=1S/C18H17BrN4O4S/c19-14-4-3-13-7-8-23(16(13)9-14)11-17(24)22-28(26,27)15-5-1-12(2-6-15)10-21-18(20)25/h1-9H,10-11H2,(H,22,24)(H3,20,21,25). The van der Waals surface area contributed by atoms with Crippen molar-refractivity contribution in [2.45, 2.75) is 18.0 Å². The molecule has 0 bridgehead atoms. The summed E-state index contributed by atoms with van der Waals surface area (Å²) in [6, 6.07) is 12.6. The van der Waals surface area contributed by atoms with Gasteiger partial charge in [-0.2, -0.15) is 0 Å². The van der Waals surface area contributed by atoms with Gasteiger partial charge in [-0.05, 0) is 41.3 Å². The molecule has 3 amide bonds. The monoisotopic (exact) mass is 464 g/mol. The Hall–Kier alpha value is -2.85. The topological polar surface area (TPSA) is 123 Å². The van der Waals surface area contributed by atoms with Crippen molar-refractivity contribution in [3.63, 3.8) is 0 Å². The molecule has 146 valence electrons. The Kier molecular flexibility index (Phi) is 5.71. The second-order valence-electron chi connectivity index (χ2n) is 6.04. The van der Waals surface area contributed by atoms with E-state index in [1.807, 2.05) is 24.3 Å². The number of halogens is 1. The van der Waals surface area contributed by atoms with E-state index < -0.39 is 22.0 Å². The summed E-state index contributed by atoms with van der Waals surface area (Å²) in [5.41, 5.74) is 6.48. The number of rotatable bonds is 6. The van der Waals surface area contributed by atoms with Gasteiger partial charge in [-0.1, -0.05) is 34.1 Å². The number of urea groups is 1. The first-order chi connectivity index (χ1) is 13.2. The fraction of sp³-hybridized carbons (Fsp3) is 0.111. The number of sulfonamides is 1. The van der Waals surface area contributed by atoms with Crippen LogP contribution in [0.3, 0.4) is 0 Å². The Morgan fingerprint density at radius 1 is 1.07 bits per heavy atom. The van der Waals surface area contributed by atoms with E-state index in [0.717, 1.165) is 15.4 Å². The van der Waals surface area contributed by atoms with Gasteiger partial charge in [0, 0.05) is 22.7 Å². The van der Waals surface area contributed by atoms with Crippen LogP contribution in [0.5, 0.6) is 0 Å². The number of carbonyl (C=O) groups is 2. The van der Waals surface area contributed by atoms with Gasteiger partial charge >= 0.3 is 6.03 Å². The molecule has 2 aromatic carbocycles. The van der Waals surface area contributed by atoms with E-state index in [4.69, 9.17) is 5.73 Å². The molecule has 0 fully saturated rings. The average Bonchev–Trinajstić information content (AvgIpc) is 3.01. The average molecular weight is 465 g/mol. The highest BCUT2D eigenvalue weighted by Crippen LogP contribution is 2.21. The van der Waals surface area contributed by atoms with Crippen molar-refractivity contribution in [1.29, 1.82) is 0 Å². The van der Waals surface area contributed by atoms with E-state index in [-0.39, 0.29) is 18.0 Å². The molecule has 0 saturated heterocycles. The number of aromatic nitrogens is 1. The third-order valence-electron chi connectivity index (χ3n) is 4.00. The summed E-state index contributed by atoms with van der Waals surface area (Å²) in [7, 11) is -4.01. The summed E-state index contributed by atoms with van der Waals surface area (Å²) in [5, 5.41) is 3.35. The van der Waals surface area contributed by atoms with Crippen molar-refractivity contribution < 1.29 is 18.0 Å². The predicted octanol–water partition coefficient (Wildman–Crippen LogP) is 2.08. The lowest BCUT2D eigenvalue weighted by Gasteiger charge is -2.09. The van der Waals surface area contributed by atoms with Crippen molar-refractivity contribution in [2.75, 3.05) is 0 Å². The van der Waals surface area contributed by atoms with Gasteiger partial charge in [0.2, 0.25) is 0 Å². The fourth-order valence-corrected chi connectivity index (χ4v) is 3.99. The summed E-state index contributed by atoms with van der Waals surface area (Å²) in [6.07, 6.45) is 1.73. The number of primary amides is 1. The van der Waals surface area contributed by atoms with Gasteiger partial charge < -0.3 is 15.6 Å². The van der Waals surface area contributed by atoms with Crippen molar-refractivity contribution in [2.24, 2.45) is 5.73 Å². The van der Waals surface area contributed by atoms with Gasteiger partial charge in [0.15, 0.2) is 0 Å². The number of nitrogens with one attached hydrogen (secondary N) is 2. The molecule has 10 heteroatoms. The normalized spacial score (nSPS) is 11.3. The highest BCUT2D eigenvalue weighted by Gasteiger charge is 2.18. The van der Waals surface area contributed by atoms with Gasteiger partial charge in [-0.15, -0.1) is 0 Å². The lowest BCUT2D eigenvalue weighted by atomic mass is 10.2. The maximum Gasteiger partial charge on any atom is 0.312 e. The molecule has 0 aliphatic heterocycles. The minimum Gasteiger partial charge on any atom is -0.352 e. The molecule has 0 atom stereocenters. The number of nitrogens with two attached hydrogens (primary N) is 1.